The Bertz CT molecular complexity index is 503. The minimum atomic E-state index is -1.10. The number of hydrogen-bond donors (Lipinski definition) is 1. The van der Waals surface area contributed by atoms with E-state index in [9.17, 15) is 9.59 Å². The highest BCUT2D eigenvalue weighted by Crippen LogP contribution is 2.23. The van der Waals surface area contributed by atoms with Crippen molar-refractivity contribution < 1.29 is 19.4 Å². The third kappa shape index (κ3) is 4.51. The number of ether oxygens (including phenoxy) is 1. The number of carboxylic acids is 1. The molecule has 1 rings (SSSR count). The van der Waals surface area contributed by atoms with Gasteiger partial charge in [0.2, 0.25) is 0 Å². The second kappa shape index (κ2) is 6.51. The van der Waals surface area contributed by atoms with Crippen LogP contribution in [0.2, 0.25) is 0 Å². The molecule has 0 bridgehead atoms. The van der Waals surface area contributed by atoms with Gasteiger partial charge in [-0.05, 0) is 27.7 Å². The van der Waals surface area contributed by atoms with Crippen LogP contribution < -0.4 is 0 Å². The summed E-state index contributed by atoms with van der Waals surface area (Å²) in [7, 11) is 0. The molecule has 1 aromatic heterocycles. The van der Waals surface area contributed by atoms with Crippen LogP contribution in [-0.4, -0.2) is 38.9 Å². The second-order valence-corrected chi connectivity index (χ2v) is 5.13. The van der Waals surface area contributed by atoms with Crippen LogP contribution in [0.1, 0.15) is 35.7 Å². The van der Waals surface area contributed by atoms with Crippen LogP contribution in [0.25, 0.3) is 0 Å². The Morgan fingerprint density at radius 3 is 2.47 bits per heavy atom. The van der Waals surface area contributed by atoms with Crippen molar-refractivity contribution >= 4 is 23.7 Å². The van der Waals surface area contributed by atoms with Crippen LogP contribution in [0, 0.1) is 13.8 Å². The Labute approximate surface area is 115 Å². The third-order valence-corrected chi connectivity index (χ3v) is 3.03. The summed E-state index contributed by atoms with van der Waals surface area (Å²) in [6.45, 7) is 6.79. The predicted octanol–water partition coefficient (Wildman–Crippen LogP) is 1.84. The topological polar surface area (TPSA) is 89.4 Å². The van der Waals surface area contributed by atoms with Gasteiger partial charge >= 0.3 is 11.9 Å². The zero-order chi connectivity index (χ0) is 14.6. The fourth-order valence-electron chi connectivity index (χ4n) is 1.46. The predicted molar refractivity (Wildman–Crippen MR) is 70.4 cm³/mol. The molecule has 0 unspecified atom stereocenters. The zero-order valence-electron chi connectivity index (χ0n) is 11.3. The van der Waals surface area contributed by atoms with Gasteiger partial charge in [-0.1, -0.05) is 11.8 Å². The van der Waals surface area contributed by atoms with E-state index in [2.05, 4.69) is 9.97 Å². The summed E-state index contributed by atoms with van der Waals surface area (Å²) in [5.74, 6) is -1.00. The first-order chi connectivity index (χ1) is 8.81. The molecule has 1 heterocycles. The van der Waals surface area contributed by atoms with Crippen molar-refractivity contribution in [2.45, 2.75) is 38.8 Å². The van der Waals surface area contributed by atoms with Crippen molar-refractivity contribution in [3.05, 3.63) is 17.1 Å². The molecule has 0 spiro atoms. The average molecular weight is 284 g/mol. The van der Waals surface area contributed by atoms with Gasteiger partial charge in [0.25, 0.3) is 0 Å². The number of esters is 1. The summed E-state index contributed by atoms with van der Waals surface area (Å²) in [5, 5.41) is 9.43. The number of carbonyl (C=O) groups excluding carboxylic acids is 1. The lowest BCUT2D eigenvalue weighted by molar-refractivity contribution is -0.144. The SMILES string of the molecule is Cc1nc(C)c(C(=O)O)c(SCC(=O)OC(C)C)n1. The smallest absolute Gasteiger partial charge is 0.340 e. The van der Waals surface area contributed by atoms with Crippen molar-refractivity contribution in [3.63, 3.8) is 0 Å². The molecule has 0 atom stereocenters. The van der Waals surface area contributed by atoms with Gasteiger partial charge in [-0.2, -0.15) is 0 Å². The van der Waals surface area contributed by atoms with E-state index >= 15 is 0 Å². The Hall–Kier alpha value is -1.63. The minimum absolute atomic E-state index is 0.0222. The van der Waals surface area contributed by atoms with Crippen molar-refractivity contribution in [1.29, 1.82) is 0 Å². The van der Waals surface area contributed by atoms with Gasteiger partial charge < -0.3 is 9.84 Å². The monoisotopic (exact) mass is 284 g/mol. The molecule has 1 aromatic rings. The number of carboxylic acid groups (broad SMARTS) is 1. The van der Waals surface area contributed by atoms with Crippen molar-refractivity contribution in [2.75, 3.05) is 5.75 Å². The normalized spacial score (nSPS) is 10.6. The van der Waals surface area contributed by atoms with Gasteiger partial charge in [0.05, 0.1) is 17.6 Å². The molecular formula is C12H16N2O4S. The van der Waals surface area contributed by atoms with Crippen molar-refractivity contribution in [1.82, 2.24) is 9.97 Å². The second-order valence-electron chi connectivity index (χ2n) is 4.17. The van der Waals surface area contributed by atoms with E-state index < -0.39 is 11.9 Å². The number of aromatic carboxylic acids is 1. The lowest BCUT2D eigenvalue weighted by atomic mass is 10.2. The quantitative estimate of drug-likeness (QED) is 0.501. The van der Waals surface area contributed by atoms with Crippen LogP contribution >= 0.6 is 11.8 Å². The van der Waals surface area contributed by atoms with E-state index in [1.54, 1.807) is 27.7 Å². The first kappa shape index (κ1) is 15.4. The Morgan fingerprint density at radius 2 is 1.95 bits per heavy atom. The van der Waals surface area contributed by atoms with E-state index in [1.807, 2.05) is 0 Å². The maximum absolute atomic E-state index is 11.4. The Balaban J connectivity index is 2.88. The zero-order valence-corrected chi connectivity index (χ0v) is 12.1. The number of aryl methyl sites for hydroxylation is 2. The molecule has 19 heavy (non-hydrogen) atoms. The first-order valence-electron chi connectivity index (χ1n) is 5.72. The maximum atomic E-state index is 11.4. The third-order valence-electron chi connectivity index (χ3n) is 2.08. The van der Waals surface area contributed by atoms with Crippen LogP contribution in [0.3, 0.4) is 0 Å². The molecule has 7 heteroatoms. The molecule has 0 saturated carbocycles. The highest BCUT2D eigenvalue weighted by molar-refractivity contribution is 8.00. The summed E-state index contributed by atoms with van der Waals surface area (Å²) >= 11 is 1.05. The molecule has 0 fully saturated rings. The lowest BCUT2D eigenvalue weighted by Gasteiger charge is -2.10. The number of carbonyl (C=O) groups is 2. The van der Waals surface area contributed by atoms with Gasteiger partial charge in [0, 0.05) is 0 Å². The fraction of sp³-hybridized carbons (Fsp3) is 0.500. The van der Waals surface area contributed by atoms with Crippen molar-refractivity contribution in [3.8, 4) is 0 Å². The standard InChI is InChI=1S/C12H16N2O4S/c1-6(2)18-9(15)5-19-11-10(12(16)17)7(3)13-8(4)14-11/h6H,5H2,1-4H3,(H,16,17). The molecule has 6 nitrogen and oxygen atoms in total. The summed E-state index contributed by atoms with van der Waals surface area (Å²) in [5.41, 5.74) is 0.424. The van der Waals surface area contributed by atoms with Crippen LogP contribution in [0.15, 0.2) is 5.03 Å². The molecular weight excluding hydrogens is 268 g/mol. The molecule has 0 aliphatic carbocycles. The minimum Gasteiger partial charge on any atom is -0.478 e. The average Bonchev–Trinajstić information content (AvgIpc) is 2.23. The molecule has 0 radical (unpaired) electrons. The molecule has 0 aliphatic rings. The van der Waals surface area contributed by atoms with Crippen molar-refractivity contribution in [2.24, 2.45) is 0 Å². The molecule has 104 valence electrons. The van der Waals surface area contributed by atoms with Gasteiger partial charge in [-0.15, -0.1) is 0 Å². The number of nitrogens with zero attached hydrogens (tertiary/aromatic N) is 2. The van der Waals surface area contributed by atoms with Gasteiger partial charge in [-0.25, -0.2) is 14.8 Å². The van der Waals surface area contributed by atoms with E-state index in [0.29, 0.717) is 16.5 Å². The van der Waals surface area contributed by atoms with Crippen LogP contribution in [0.4, 0.5) is 0 Å². The lowest BCUT2D eigenvalue weighted by Crippen LogP contribution is -2.14. The highest BCUT2D eigenvalue weighted by atomic mass is 32.2. The van der Waals surface area contributed by atoms with E-state index in [1.165, 1.54) is 0 Å². The van der Waals surface area contributed by atoms with E-state index in [0.717, 1.165) is 11.8 Å². The van der Waals surface area contributed by atoms with Crippen LogP contribution in [-0.2, 0) is 9.53 Å². The van der Waals surface area contributed by atoms with Gasteiger partial charge in [-0.3, -0.25) is 4.79 Å². The largest absolute Gasteiger partial charge is 0.478 e. The molecule has 0 aliphatic heterocycles. The number of rotatable bonds is 5. The highest BCUT2D eigenvalue weighted by Gasteiger charge is 2.18. The summed E-state index contributed by atoms with van der Waals surface area (Å²) < 4.78 is 4.98. The number of aromatic nitrogens is 2. The van der Waals surface area contributed by atoms with Gasteiger partial charge in [0.15, 0.2) is 0 Å². The molecule has 0 amide bonds. The van der Waals surface area contributed by atoms with E-state index in [4.69, 9.17) is 9.84 Å². The summed E-state index contributed by atoms with van der Waals surface area (Å²) in [6.07, 6.45) is -0.194. The Kier molecular flexibility index (Phi) is 5.29. The Morgan fingerprint density at radius 1 is 1.32 bits per heavy atom. The van der Waals surface area contributed by atoms with Gasteiger partial charge in [0.1, 0.15) is 16.4 Å². The molecule has 0 aromatic carbocycles. The first-order valence-corrected chi connectivity index (χ1v) is 6.70. The van der Waals surface area contributed by atoms with E-state index in [-0.39, 0.29) is 17.4 Å². The number of hydrogen-bond acceptors (Lipinski definition) is 6. The van der Waals surface area contributed by atoms with Crippen LogP contribution in [0.5, 0.6) is 0 Å². The number of thioether (sulfide) groups is 1. The molecule has 0 saturated heterocycles. The molecule has 1 N–H and O–H groups in total. The summed E-state index contributed by atoms with van der Waals surface area (Å²) in [4.78, 5) is 30.7. The maximum Gasteiger partial charge on any atom is 0.340 e. The fourth-order valence-corrected chi connectivity index (χ4v) is 2.35. The summed E-state index contributed by atoms with van der Waals surface area (Å²) in [6, 6.07) is 0.